The molecular weight excluding hydrogens is 255 g/mol. The van der Waals surface area contributed by atoms with Gasteiger partial charge in [0.25, 0.3) is 0 Å². The topological polar surface area (TPSA) is 12.4 Å². The van der Waals surface area contributed by atoms with Crippen LogP contribution in [0.4, 0.5) is 0 Å². The molecule has 0 amide bonds. The second-order valence-corrected chi connectivity index (χ2v) is 27.0. The highest BCUT2D eigenvalue weighted by atomic mass is 32.1. The Morgan fingerprint density at radius 2 is 1.53 bits per heavy atom. The maximum absolute atomic E-state index is 5.28. The summed E-state index contributed by atoms with van der Waals surface area (Å²) in [6.07, 6.45) is 0. The van der Waals surface area contributed by atoms with Crippen LogP contribution in [0.25, 0.3) is 0 Å². The predicted molar refractivity (Wildman–Crippen MR) is 86.9 cm³/mol. The minimum atomic E-state index is -1.24. The lowest BCUT2D eigenvalue weighted by atomic mass is 11.8. The molecule has 0 aliphatic rings. The van der Waals surface area contributed by atoms with Crippen LogP contribution in [0.2, 0.25) is 19.6 Å². The molecule has 0 atom stereocenters. The summed E-state index contributed by atoms with van der Waals surface area (Å²) in [5.74, 6) is 1.47. The lowest BCUT2D eigenvalue weighted by Gasteiger charge is -2.31. The van der Waals surface area contributed by atoms with Gasteiger partial charge in [0.1, 0.15) is 0 Å². The van der Waals surface area contributed by atoms with Gasteiger partial charge in [0.2, 0.25) is 0 Å². The summed E-state index contributed by atoms with van der Waals surface area (Å²) in [6, 6.07) is 0. The maximum atomic E-state index is 5.28. The van der Waals surface area contributed by atoms with E-state index in [0.717, 1.165) is 0 Å². The van der Waals surface area contributed by atoms with Crippen LogP contribution >= 0.6 is 21.6 Å². The van der Waals surface area contributed by atoms with E-state index < -0.39 is 21.9 Å². The van der Waals surface area contributed by atoms with Crippen LogP contribution in [0.15, 0.2) is 4.41 Å². The van der Waals surface area contributed by atoms with E-state index in [1.165, 1.54) is 5.90 Å². The van der Waals surface area contributed by atoms with E-state index in [1.54, 1.807) is 0 Å². The monoisotopic (exact) mass is 284 g/mol. The fourth-order valence-corrected chi connectivity index (χ4v) is 25.0. The standard InChI is InChI=1S/C10H29NP3Si/c1-12(2)10-13(3,4)14(5,6)11-15(7,8)9/h10H2,1-9H3/q+1. The molecule has 15 heavy (non-hydrogen) atoms. The number of hydrogen-bond donors (Lipinski definition) is 0. The van der Waals surface area contributed by atoms with Gasteiger partial charge < -0.3 is 4.41 Å². The van der Waals surface area contributed by atoms with Crippen LogP contribution in [-0.4, -0.2) is 54.1 Å². The SMILES string of the molecule is CP(C)C[P+](C)(C)P(C)(C)=N[Si](C)(C)C. The van der Waals surface area contributed by atoms with Gasteiger partial charge in [0.15, 0.2) is 8.24 Å². The molecule has 0 aromatic rings. The van der Waals surface area contributed by atoms with E-state index in [0.29, 0.717) is 0 Å². The van der Waals surface area contributed by atoms with Crippen molar-refractivity contribution in [2.24, 2.45) is 4.41 Å². The number of hydrogen-bond acceptors (Lipinski definition) is 1. The average Bonchev–Trinajstić information content (AvgIpc) is 1.75. The van der Waals surface area contributed by atoms with Crippen molar-refractivity contribution < 1.29 is 0 Å². The van der Waals surface area contributed by atoms with E-state index in [-0.39, 0.29) is 7.92 Å². The first-order chi connectivity index (χ1) is 6.37. The quantitative estimate of drug-likeness (QED) is 0.498. The first-order valence-electron chi connectivity index (χ1n) is 5.44. The van der Waals surface area contributed by atoms with E-state index in [1.807, 2.05) is 0 Å². The summed E-state index contributed by atoms with van der Waals surface area (Å²) in [4.78, 5) is 0. The zero-order valence-electron chi connectivity index (χ0n) is 12.0. The molecule has 92 valence electrons. The van der Waals surface area contributed by atoms with Crippen LogP contribution in [0.5, 0.6) is 0 Å². The van der Waals surface area contributed by atoms with Crippen molar-refractivity contribution >= 4 is 29.9 Å². The van der Waals surface area contributed by atoms with Gasteiger partial charge in [-0.1, -0.05) is 7.92 Å². The average molecular weight is 284 g/mol. The summed E-state index contributed by atoms with van der Waals surface area (Å²) < 4.78 is 5.28. The van der Waals surface area contributed by atoms with Crippen molar-refractivity contribution in [2.45, 2.75) is 19.6 Å². The summed E-state index contributed by atoms with van der Waals surface area (Å²) in [5, 5.41) is 0. The lowest BCUT2D eigenvalue weighted by molar-refractivity contribution is 1.59. The fourth-order valence-electron chi connectivity index (χ4n) is 1.70. The molecule has 0 heterocycles. The van der Waals surface area contributed by atoms with Gasteiger partial charge in [-0.05, 0) is 33.0 Å². The van der Waals surface area contributed by atoms with E-state index in [2.05, 4.69) is 59.6 Å². The minimum absolute atomic E-state index is 0.238. The third kappa shape index (κ3) is 5.97. The highest BCUT2D eigenvalue weighted by molar-refractivity contribution is 8.43. The maximum Gasteiger partial charge on any atom is 0.174 e. The van der Waals surface area contributed by atoms with Crippen molar-refractivity contribution in [2.75, 3.05) is 45.9 Å². The predicted octanol–water partition coefficient (Wildman–Crippen LogP) is 5.17. The molecule has 0 radical (unpaired) electrons. The molecule has 0 saturated carbocycles. The molecule has 0 spiro atoms. The van der Waals surface area contributed by atoms with Crippen molar-refractivity contribution in [3.63, 3.8) is 0 Å². The summed E-state index contributed by atoms with van der Waals surface area (Å²) in [7, 11) is -1.01. The summed E-state index contributed by atoms with van der Waals surface area (Å²) in [5.41, 5.74) is 0. The molecule has 0 rings (SSSR count). The molecule has 0 aromatic heterocycles. The first-order valence-corrected chi connectivity index (χ1v) is 17.5. The Morgan fingerprint density at radius 1 is 1.13 bits per heavy atom. The first kappa shape index (κ1) is 16.3. The Morgan fingerprint density at radius 3 is 1.80 bits per heavy atom. The molecule has 5 heteroatoms. The van der Waals surface area contributed by atoms with Gasteiger partial charge in [-0.15, -0.1) is 0 Å². The molecule has 0 aromatic carbocycles. The fraction of sp³-hybridized carbons (Fsp3) is 1.00. The summed E-state index contributed by atoms with van der Waals surface area (Å²) >= 11 is 0. The molecule has 0 unspecified atom stereocenters. The Labute approximate surface area is 100.0 Å². The highest BCUT2D eigenvalue weighted by Crippen LogP contribution is 2.86. The van der Waals surface area contributed by atoms with Crippen LogP contribution in [0.3, 0.4) is 0 Å². The van der Waals surface area contributed by atoms with Crippen LogP contribution < -0.4 is 0 Å². The van der Waals surface area contributed by atoms with Crippen molar-refractivity contribution in [1.29, 1.82) is 0 Å². The molecule has 0 bridgehead atoms. The van der Waals surface area contributed by atoms with Gasteiger partial charge in [0, 0.05) is 20.3 Å². The van der Waals surface area contributed by atoms with E-state index in [9.17, 15) is 0 Å². The Bertz CT molecular complexity index is 260. The van der Waals surface area contributed by atoms with Gasteiger partial charge >= 0.3 is 0 Å². The van der Waals surface area contributed by atoms with Crippen LogP contribution in [0, 0.1) is 0 Å². The summed E-state index contributed by atoms with van der Waals surface area (Å²) in [6.45, 7) is 20.1. The smallest absolute Gasteiger partial charge is 0.174 e. The molecular formula is C10H29NP3Si+. The molecule has 0 aliphatic heterocycles. The van der Waals surface area contributed by atoms with Gasteiger partial charge in [-0.2, -0.15) is 0 Å². The highest BCUT2D eigenvalue weighted by Gasteiger charge is 2.38. The van der Waals surface area contributed by atoms with Crippen LogP contribution in [-0.2, 0) is 0 Å². The van der Waals surface area contributed by atoms with E-state index >= 15 is 0 Å². The third-order valence-corrected chi connectivity index (χ3v) is 24.4. The van der Waals surface area contributed by atoms with Crippen molar-refractivity contribution in [3.05, 3.63) is 0 Å². The molecule has 0 saturated heterocycles. The Kier molecular flexibility index (Phi) is 5.76. The largest absolute Gasteiger partial charge is 0.306 e. The molecule has 0 N–H and O–H groups in total. The van der Waals surface area contributed by atoms with Crippen molar-refractivity contribution in [3.8, 4) is 0 Å². The van der Waals surface area contributed by atoms with Gasteiger partial charge in [-0.3, -0.25) is 0 Å². The van der Waals surface area contributed by atoms with Crippen LogP contribution in [0.1, 0.15) is 0 Å². The zero-order chi connectivity index (χ0) is 12.5. The van der Waals surface area contributed by atoms with Gasteiger partial charge in [-0.25, -0.2) is 0 Å². The minimum Gasteiger partial charge on any atom is -0.306 e. The second-order valence-electron chi connectivity index (χ2n) is 6.45. The molecule has 0 fully saturated rings. The second kappa shape index (κ2) is 5.30. The number of rotatable bonds is 4. The lowest BCUT2D eigenvalue weighted by Crippen LogP contribution is -2.16. The molecule has 1 nitrogen and oxygen atoms in total. The van der Waals surface area contributed by atoms with Gasteiger partial charge in [0.05, 0.1) is 26.0 Å². The molecule has 0 aliphatic carbocycles. The van der Waals surface area contributed by atoms with E-state index in [4.69, 9.17) is 4.41 Å². The normalized spacial score (nSPS) is 14.5. The number of nitrogens with zero attached hydrogens (tertiary/aromatic N) is 1. The Hall–Kier alpha value is 1.31. The Balaban J connectivity index is 5.09. The zero-order valence-corrected chi connectivity index (χ0v) is 15.7. The van der Waals surface area contributed by atoms with Crippen molar-refractivity contribution in [1.82, 2.24) is 0 Å². The third-order valence-electron chi connectivity index (χ3n) is 2.50.